The summed E-state index contributed by atoms with van der Waals surface area (Å²) in [5, 5.41) is 3.26. The molecule has 0 aliphatic carbocycles. The van der Waals surface area contributed by atoms with Crippen LogP contribution in [0.1, 0.15) is 0 Å². The summed E-state index contributed by atoms with van der Waals surface area (Å²) in [4.78, 5) is 13.4. The van der Waals surface area contributed by atoms with Gasteiger partial charge >= 0.3 is 143 Å². The summed E-state index contributed by atoms with van der Waals surface area (Å²) in [5.41, 5.74) is 0.161. The molecular formula is C21H21O2P. The molecule has 0 aliphatic rings. The Labute approximate surface area is 143 Å². The number of rotatable bonds is 6. The molecule has 0 unspecified atom stereocenters. The van der Waals surface area contributed by atoms with E-state index in [-0.39, 0.29) is 12.1 Å². The number of carbonyl (C=O) groups is 1. The predicted octanol–water partition coefficient (Wildman–Crippen LogP) is 2.89. The fraction of sp³-hybridized carbons (Fsp3) is 0.0952. The van der Waals surface area contributed by atoms with Gasteiger partial charge < -0.3 is 0 Å². The van der Waals surface area contributed by atoms with E-state index in [2.05, 4.69) is 36.4 Å². The van der Waals surface area contributed by atoms with Crippen LogP contribution >= 0.6 is 7.26 Å². The van der Waals surface area contributed by atoms with E-state index in [1.807, 2.05) is 54.6 Å². The van der Waals surface area contributed by atoms with E-state index in [9.17, 15) is 4.79 Å². The van der Waals surface area contributed by atoms with Crippen LogP contribution < -0.4 is 15.9 Å². The molecule has 0 amide bonds. The van der Waals surface area contributed by atoms with Crippen molar-refractivity contribution in [3.05, 3.63) is 91.0 Å². The van der Waals surface area contributed by atoms with Gasteiger partial charge in [-0.25, -0.2) is 0 Å². The average molecular weight is 336 g/mol. The number of hydrogen-bond acceptors (Lipinski definition) is 2. The van der Waals surface area contributed by atoms with Crippen molar-refractivity contribution in [2.24, 2.45) is 0 Å². The molecule has 0 radical (unpaired) electrons. The Bertz CT molecular complexity index is 689. The Morgan fingerprint density at radius 1 is 0.708 bits per heavy atom. The molecule has 0 atom stereocenters. The topological polar surface area (TPSA) is 26.3 Å². The molecule has 0 saturated carbocycles. The Kier molecular flexibility index (Phi) is 5.20. The van der Waals surface area contributed by atoms with Gasteiger partial charge in [0.25, 0.3) is 0 Å². The van der Waals surface area contributed by atoms with Crippen molar-refractivity contribution in [3.8, 4) is 0 Å². The molecule has 3 aromatic carbocycles. The van der Waals surface area contributed by atoms with E-state index in [1.165, 1.54) is 0 Å². The second kappa shape index (κ2) is 7.53. The van der Waals surface area contributed by atoms with Crippen LogP contribution in [0.25, 0.3) is 0 Å². The Morgan fingerprint density at radius 2 is 1.04 bits per heavy atom. The Balaban J connectivity index is 2.35. The van der Waals surface area contributed by atoms with Crippen molar-refractivity contribution >= 4 is 28.7 Å². The third kappa shape index (κ3) is 2.91. The van der Waals surface area contributed by atoms with Crippen molar-refractivity contribution in [3.63, 3.8) is 0 Å². The van der Waals surface area contributed by atoms with Gasteiger partial charge in [-0.3, -0.25) is 0 Å². The summed E-state index contributed by atoms with van der Waals surface area (Å²) in [6.07, 6.45) is 0. The SMILES string of the molecule is COCC(=O)[PH](c1ccccc1)(c1ccccc1)c1ccccc1. The van der Waals surface area contributed by atoms with Gasteiger partial charge in [-0.05, 0) is 0 Å². The summed E-state index contributed by atoms with van der Waals surface area (Å²) >= 11 is 0. The van der Waals surface area contributed by atoms with Crippen LogP contribution in [0.4, 0.5) is 0 Å². The van der Waals surface area contributed by atoms with Crippen molar-refractivity contribution < 1.29 is 9.53 Å². The number of ether oxygens (including phenoxy) is 1. The van der Waals surface area contributed by atoms with E-state index in [1.54, 1.807) is 7.11 Å². The van der Waals surface area contributed by atoms with Crippen LogP contribution in [0.15, 0.2) is 91.0 Å². The molecule has 0 spiro atoms. The number of benzene rings is 3. The van der Waals surface area contributed by atoms with Crippen molar-refractivity contribution in [2.45, 2.75) is 0 Å². The quantitative estimate of drug-likeness (QED) is 0.647. The molecule has 0 saturated heterocycles. The second-order valence-electron chi connectivity index (χ2n) is 5.70. The standard InChI is InChI=1S/C21H21O2P/c1-23-17-21(22)24(18-11-5-2-6-12-18,19-13-7-3-8-14-19)20-15-9-4-10-16-20/h2-16,24H,17H2,1H3. The van der Waals surface area contributed by atoms with Crippen LogP contribution in [0, 0.1) is 0 Å². The normalized spacial score (nSPS) is 11.9. The molecule has 0 N–H and O–H groups in total. The van der Waals surface area contributed by atoms with Crippen LogP contribution in [0.5, 0.6) is 0 Å². The first kappa shape index (κ1) is 16.6. The molecule has 0 aliphatic heterocycles. The summed E-state index contributed by atoms with van der Waals surface area (Å²) < 4.78 is 5.26. The Morgan fingerprint density at radius 3 is 1.33 bits per heavy atom. The van der Waals surface area contributed by atoms with Gasteiger partial charge in [0.2, 0.25) is 0 Å². The molecular weight excluding hydrogens is 315 g/mol. The molecule has 0 heterocycles. The third-order valence-corrected chi connectivity index (χ3v) is 8.89. The van der Waals surface area contributed by atoms with Crippen LogP contribution in [-0.2, 0) is 9.53 Å². The molecule has 24 heavy (non-hydrogen) atoms. The third-order valence-electron chi connectivity index (χ3n) is 4.31. The van der Waals surface area contributed by atoms with Crippen LogP contribution in [0.2, 0.25) is 0 Å². The van der Waals surface area contributed by atoms with Gasteiger partial charge in [-0.15, -0.1) is 0 Å². The van der Waals surface area contributed by atoms with Gasteiger partial charge in [0, 0.05) is 0 Å². The first-order valence-corrected chi connectivity index (χ1v) is 9.99. The predicted molar refractivity (Wildman–Crippen MR) is 103 cm³/mol. The molecule has 0 fully saturated rings. The summed E-state index contributed by atoms with van der Waals surface area (Å²) in [6, 6.07) is 30.4. The van der Waals surface area contributed by atoms with E-state index in [4.69, 9.17) is 4.74 Å². The average Bonchev–Trinajstić information content (AvgIpc) is 2.65. The molecule has 3 rings (SSSR count). The maximum absolute atomic E-state index is 13.4. The van der Waals surface area contributed by atoms with Crippen molar-refractivity contribution in [1.82, 2.24) is 0 Å². The van der Waals surface area contributed by atoms with Crippen LogP contribution in [-0.4, -0.2) is 19.2 Å². The molecule has 0 bridgehead atoms. The molecule has 3 heteroatoms. The molecule has 122 valence electrons. The zero-order valence-corrected chi connectivity index (χ0v) is 14.7. The van der Waals surface area contributed by atoms with Gasteiger partial charge in [0.05, 0.1) is 0 Å². The van der Waals surface area contributed by atoms with Crippen LogP contribution in [0.3, 0.4) is 0 Å². The van der Waals surface area contributed by atoms with Gasteiger partial charge in [-0.1, -0.05) is 0 Å². The van der Waals surface area contributed by atoms with Gasteiger partial charge in [0.15, 0.2) is 0 Å². The molecule has 0 aromatic heterocycles. The first-order valence-electron chi connectivity index (χ1n) is 7.99. The van der Waals surface area contributed by atoms with E-state index < -0.39 is 7.26 Å². The van der Waals surface area contributed by atoms with Crippen molar-refractivity contribution in [1.29, 1.82) is 0 Å². The van der Waals surface area contributed by atoms with E-state index in [0.717, 1.165) is 15.9 Å². The first-order chi connectivity index (χ1) is 11.8. The number of hydrogen-bond donors (Lipinski definition) is 0. The summed E-state index contributed by atoms with van der Waals surface area (Å²) in [5.74, 6) is 0. The number of methoxy groups -OCH3 is 1. The van der Waals surface area contributed by atoms with Gasteiger partial charge in [-0.2, -0.15) is 0 Å². The van der Waals surface area contributed by atoms with Gasteiger partial charge in [0.1, 0.15) is 0 Å². The molecule has 3 aromatic rings. The van der Waals surface area contributed by atoms with E-state index >= 15 is 0 Å². The summed E-state index contributed by atoms with van der Waals surface area (Å²) in [7, 11) is -1.23. The molecule has 2 nitrogen and oxygen atoms in total. The zero-order chi connectivity index (χ0) is 16.8. The van der Waals surface area contributed by atoms with Crippen molar-refractivity contribution in [2.75, 3.05) is 13.7 Å². The number of carbonyl (C=O) groups excluding carboxylic acids is 1. The second-order valence-corrected chi connectivity index (χ2v) is 9.49. The maximum atomic E-state index is 13.4. The Hall–Kier alpha value is -2.28. The monoisotopic (exact) mass is 336 g/mol. The fourth-order valence-corrected chi connectivity index (χ4v) is 7.69. The summed E-state index contributed by atoms with van der Waals surface area (Å²) in [6.45, 7) is 0.116. The minimum absolute atomic E-state index is 0.116. The minimum atomic E-state index is -2.81. The zero-order valence-electron chi connectivity index (χ0n) is 13.7. The van der Waals surface area contributed by atoms with E-state index in [0.29, 0.717) is 0 Å². The fourth-order valence-electron chi connectivity index (χ4n) is 3.29.